The Labute approximate surface area is 220 Å². The maximum absolute atomic E-state index is 13.8. The van der Waals surface area contributed by atoms with Gasteiger partial charge >= 0.3 is 7.75 Å². The third kappa shape index (κ3) is 5.43. The summed E-state index contributed by atoms with van der Waals surface area (Å²) in [5, 5.41) is 29.0. The molecular weight excluding hydrogens is 513 g/mol. The number of nitrogens with zero attached hydrogens (tertiary/aromatic N) is 3. The van der Waals surface area contributed by atoms with Gasteiger partial charge in [0.2, 0.25) is 0 Å². The Kier molecular flexibility index (Phi) is 7.74. The van der Waals surface area contributed by atoms with Gasteiger partial charge in [-0.3, -0.25) is 4.52 Å². The summed E-state index contributed by atoms with van der Waals surface area (Å²) in [4.78, 5) is 3.98. The van der Waals surface area contributed by atoms with Gasteiger partial charge in [-0.05, 0) is 57.4 Å². The van der Waals surface area contributed by atoms with Crippen molar-refractivity contribution in [2.75, 3.05) is 18.9 Å². The fourth-order valence-electron chi connectivity index (χ4n) is 4.66. The van der Waals surface area contributed by atoms with Gasteiger partial charge < -0.3 is 29.9 Å². The van der Waals surface area contributed by atoms with Crippen molar-refractivity contribution in [3.63, 3.8) is 0 Å². The molecule has 206 valence electrons. The van der Waals surface area contributed by atoms with Gasteiger partial charge in [-0.1, -0.05) is 18.2 Å². The van der Waals surface area contributed by atoms with Crippen molar-refractivity contribution < 1.29 is 33.3 Å². The Morgan fingerprint density at radius 2 is 2.03 bits per heavy atom. The zero-order chi connectivity index (χ0) is 26.9. The quantitative estimate of drug-likeness (QED) is 0.261. The molecule has 1 saturated heterocycles. The van der Waals surface area contributed by atoms with Crippen LogP contribution < -0.4 is 15.3 Å². The lowest BCUT2D eigenvalue weighted by Gasteiger charge is -2.29. The van der Waals surface area contributed by atoms with Gasteiger partial charge in [0.25, 0.3) is 0 Å². The largest absolute Gasteiger partial charge is 0.459 e. The highest BCUT2D eigenvalue weighted by molar-refractivity contribution is 7.52. The van der Waals surface area contributed by atoms with Gasteiger partial charge in [0.15, 0.2) is 5.82 Å². The van der Waals surface area contributed by atoms with E-state index in [1.165, 1.54) is 10.8 Å². The highest BCUT2D eigenvalue weighted by atomic mass is 31.2. The van der Waals surface area contributed by atoms with Crippen LogP contribution in [0.15, 0.2) is 48.8 Å². The van der Waals surface area contributed by atoms with E-state index in [1.807, 2.05) is 13.0 Å². The predicted octanol–water partition coefficient (Wildman–Crippen LogP) is 2.40. The first-order valence-electron chi connectivity index (χ1n) is 12.7. The maximum Gasteiger partial charge on any atom is 0.459 e. The molecule has 1 aliphatic heterocycles. The molecule has 5 rings (SSSR count). The average molecular weight is 548 g/mol. The van der Waals surface area contributed by atoms with Gasteiger partial charge in [-0.25, -0.2) is 19.2 Å². The number of nitrogens with two attached hydrogens (primary N) is 1. The van der Waals surface area contributed by atoms with Crippen LogP contribution >= 0.6 is 7.75 Å². The molecule has 1 unspecified atom stereocenters. The number of ether oxygens (including phenoxy) is 2. The van der Waals surface area contributed by atoms with E-state index >= 15 is 0 Å². The van der Waals surface area contributed by atoms with Crippen molar-refractivity contribution in [2.45, 2.75) is 69.2 Å². The summed E-state index contributed by atoms with van der Waals surface area (Å²) < 4.78 is 38.9. The molecule has 1 aliphatic carbocycles. The molecule has 3 heterocycles. The van der Waals surface area contributed by atoms with Crippen LogP contribution in [0.25, 0.3) is 5.52 Å². The summed E-state index contributed by atoms with van der Waals surface area (Å²) >= 11 is 0. The molecule has 13 heteroatoms. The number of benzene rings is 1. The van der Waals surface area contributed by atoms with Gasteiger partial charge in [0.1, 0.15) is 41.5 Å². The van der Waals surface area contributed by atoms with Crippen LogP contribution in [0.5, 0.6) is 5.75 Å². The summed E-state index contributed by atoms with van der Waals surface area (Å²) in [6.07, 6.45) is 1.03. The first kappa shape index (κ1) is 27.0. The van der Waals surface area contributed by atoms with E-state index in [-0.39, 0.29) is 24.6 Å². The van der Waals surface area contributed by atoms with Crippen molar-refractivity contribution in [3.05, 3.63) is 54.5 Å². The summed E-state index contributed by atoms with van der Waals surface area (Å²) in [7, 11) is -3.94. The van der Waals surface area contributed by atoms with Crippen LogP contribution in [0.1, 0.15) is 38.8 Å². The second-order valence-corrected chi connectivity index (χ2v) is 11.7. The van der Waals surface area contributed by atoms with Crippen LogP contribution in [-0.4, -0.2) is 68.5 Å². The Bertz CT molecular complexity index is 1290. The molecule has 0 amide bonds. The number of nitrogen functional groups attached to an aromatic ring is 1. The van der Waals surface area contributed by atoms with E-state index in [0.29, 0.717) is 23.6 Å². The summed E-state index contributed by atoms with van der Waals surface area (Å²) in [5.74, 6) is 0.619. The molecule has 38 heavy (non-hydrogen) atoms. The molecule has 3 aromatic rings. The molecule has 0 bridgehead atoms. The van der Waals surface area contributed by atoms with Crippen molar-refractivity contribution in [3.8, 4) is 5.75 Å². The summed E-state index contributed by atoms with van der Waals surface area (Å²) in [5.41, 5.74) is 5.59. The highest BCUT2D eigenvalue weighted by Crippen LogP contribution is 2.47. The number of hydrogen-bond acceptors (Lipinski definition) is 10. The van der Waals surface area contributed by atoms with Crippen LogP contribution in [-0.2, 0) is 24.2 Å². The van der Waals surface area contributed by atoms with Crippen molar-refractivity contribution in [1.29, 1.82) is 0 Å². The van der Waals surface area contributed by atoms with E-state index < -0.39 is 31.7 Å². The van der Waals surface area contributed by atoms with Gasteiger partial charge in [0, 0.05) is 6.04 Å². The monoisotopic (exact) mass is 547 g/mol. The number of hydrogen-bond donors (Lipinski definition) is 4. The number of anilines is 1. The van der Waals surface area contributed by atoms with Crippen molar-refractivity contribution >= 4 is 19.1 Å². The van der Waals surface area contributed by atoms with Gasteiger partial charge in [-0.15, -0.1) is 0 Å². The molecule has 2 fully saturated rings. The fraction of sp³-hybridized carbons (Fsp3) is 0.520. The number of aliphatic hydroxyl groups excluding tert-OH is 2. The molecule has 2 aromatic heterocycles. The topological polar surface area (TPSA) is 163 Å². The lowest BCUT2D eigenvalue weighted by molar-refractivity contribution is -0.0874. The molecule has 1 aromatic carbocycles. The standard InChI is InChI=1S/C25H34N5O7P/c1-16(13-34-17-9-6-10-17)29-38(33,37-18-7-4-3-5-8-18)35-14-20-22(31)23(32)25(2,36-20)21-12-11-19-24(26)27-15-28-30(19)21/h3-5,7-8,11-12,15-17,20,22-23,31-32H,6,9-10,13-14H2,1-2H3,(H,29,33)(H2,26,27,28)/t16-,20+,22+,23+,25-,38?/m0/s1. The van der Waals surface area contributed by atoms with E-state index in [9.17, 15) is 14.8 Å². The van der Waals surface area contributed by atoms with Crippen LogP contribution in [0.4, 0.5) is 5.82 Å². The Balaban J connectivity index is 1.31. The number of aliphatic hydroxyl groups is 2. The number of nitrogens with one attached hydrogen (secondary N) is 1. The predicted molar refractivity (Wildman–Crippen MR) is 138 cm³/mol. The number of aromatic nitrogens is 3. The van der Waals surface area contributed by atoms with E-state index in [4.69, 9.17) is 24.3 Å². The molecule has 1 saturated carbocycles. The summed E-state index contributed by atoms with van der Waals surface area (Å²) in [6, 6.07) is 11.7. The zero-order valence-corrected chi connectivity index (χ0v) is 22.2. The molecule has 2 aliphatic rings. The lowest BCUT2D eigenvalue weighted by atomic mass is 9.93. The molecule has 5 N–H and O–H groups in total. The minimum Gasteiger partial charge on any atom is -0.413 e. The van der Waals surface area contributed by atoms with E-state index in [2.05, 4.69) is 15.2 Å². The van der Waals surface area contributed by atoms with E-state index in [0.717, 1.165) is 19.3 Å². The minimum absolute atomic E-state index is 0.224. The van der Waals surface area contributed by atoms with Gasteiger partial charge in [0.05, 0.1) is 25.0 Å². The molecular formula is C25H34N5O7P. The van der Waals surface area contributed by atoms with E-state index in [1.54, 1.807) is 43.3 Å². The minimum atomic E-state index is -3.94. The molecule has 6 atom stereocenters. The fourth-order valence-corrected chi connectivity index (χ4v) is 6.20. The average Bonchev–Trinajstić information content (AvgIpc) is 3.39. The number of para-hydroxylation sites is 1. The normalized spacial score (nSPS) is 28.2. The molecule has 0 spiro atoms. The second-order valence-electron chi connectivity index (χ2n) is 9.97. The first-order chi connectivity index (χ1) is 18.2. The highest BCUT2D eigenvalue weighted by Gasteiger charge is 2.54. The van der Waals surface area contributed by atoms with Crippen LogP contribution in [0, 0.1) is 0 Å². The molecule has 0 radical (unpaired) electrons. The Hall–Kier alpha value is -2.57. The van der Waals surface area contributed by atoms with Gasteiger partial charge in [-0.2, -0.15) is 5.10 Å². The van der Waals surface area contributed by atoms with Crippen LogP contribution in [0.2, 0.25) is 0 Å². The third-order valence-electron chi connectivity index (χ3n) is 7.05. The van der Waals surface area contributed by atoms with Crippen LogP contribution in [0.3, 0.4) is 0 Å². The third-order valence-corrected chi connectivity index (χ3v) is 8.74. The zero-order valence-electron chi connectivity index (χ0n) is 21.3. The van der Waals surface area contributed by atoms with Crippen molar-refractivity contribution in [2.24, 2.45) is 0 Å². The summed E-state index contributed by atoms with van der Waals surface area (Å²) in [6.45, 7) is 3.48. The smallest absolute Gasteiger partial charge is 0.413 e. The SMILES string of the molecule is C[C@@H](COC1CCC1)NP(=O)(OC[C@H]1O[C@@](C)(c2ccc3c(N)ncnn23)[C@H](O)[C@@H]1O)Oc1ccccc1. The maximum atomic E-state index is 13.8. The number of fused-ring (bicyclic) bond motifs is 1. The Morgan fingerprint density at radius 3 is 2.74 bits per heavy atom. The Morgan fingerprint density at radius 1 is 1.26 bits per heavy atom. The first-order valence-corrected chi connectivity index (χ1v) is 14.2. The number of rotatable bonds is 11. The van der Waals surface area contributed by atoms with Crippen molar-refractivity contribution in [1.82, 2.24) is 19.7 Å². The second kappa shape index (κ2) is 10.9. The molecule has 12 nitrogen and oxygen atoms in total. The lowest BCUT2D eigenvalue weighted by Crippen LogP contribution is -2.39.